The van der Waals surface area contributed by atoms with Crippen molar-refractivity contribution < 1.29 is 19.0 Å². The summed E-state index contributed by atoms with van der Waals surface area (Å²) in [6.07, 6.45) is 0.785. The topological polar surface area (TPSA) is 44.8 Å². The van der Waals surface area contributed by atoms with Gasteiger partial charge in [0.2, 0.25) is 0 Å². The monoisotopic (exact) mass is 302 g/mol. The molecule has 0 unspecified atom stereocenters. The molecule has 0 bridgehead atoms. The zero-order valence-corrected chi connectivity index (χ0v) is 11.5. The van der Waals surface area contributed by atoms with Gasteiger partial charge >= 0.3 is 5.97 Å². The molecule has 0 spiro atoms. The summed E-state index contributed by atoms with van der Waals surface area (Å²) in [5.41, 5.74) is 0.427. The Morgan fingerprint density at radius 2 is 1.76 bits per heavy atom. The number of ether oxygens (including phenoxy) is 3. The summed E-state index contributed by atoms with van der Waals surface area (Å²) in [6, 6.07) is 4.95. The summed E-state index contributed by atoms with van der Waals surface area (Å²) < 4.78 is 15.2. The first kappa shape index (κ1) is 13.8. The van der Waals surface area contributed by atoms with Gasteiger partial charge in [-0.1, -0.05) is 15.9 Å². The third-order valence-electron chi connectivity index (χ3n) is 2.10. The Bertz CT molecular complexity index is 357. The predicted octanol–water partition coefficient (Wildman–Crippen LogP) is 2.65. The van der Waals surface area contributed by atoms with Crippen LogP contribution in [-0.4, -0.2) is 32.1 Å². The molecule has 94 valence electrons. The Balaban J connectivity index is 2.77. The normalized spacial score (nSPS) is 9.82. The van der Waals surface area contributed by atoms with Crippen molar-refractivity contribution in [1.29, 1.82) is 0 Å². The number of benzene rings is 1. The lowest BCUT2D eigenvalue weighted by atomic mass is 10.2. The van der Waals surface area contributed by atoms with Gasteiger partial charge in [0.15, 0.2) is 0 Å². The van der Waals surface area contributed by atoms with E-state index in [1.54, 1.807) is 18.2 Å². The van der Waals surface area contributed by atoms with Gasteiger partial charge in [-0.3, -0.25) is 0 Å². The molecule has 1 aromatic rings. The molecule has 0 aromatic heterocycles. The zero-order chi connectivity index (χ0) is 12.7. The van der Waals surface area contributed by atoms with E-state index in [1.165, 1.54) is 14.2 Å². The van der Waals surface area contributed by atoms with Crippen LogP contribution in [0.2, 0.25) is 0 Å². The molecule has 4 nitrogen and oxygen atoms in total. The summed E-state index contributed by atoms with van der Waals surface area (Å²) in [7, 11) is 3.07. The van der Waals surface area contributed by atoms with Gasteiger partial charge in [0.1, 0.15) is 11.5 Å². The number of halogens is 1. The van der Waals surface area contributed by atoms with Crippen LogP contribution in [0.3, 0.4) is 0 Å². The smallest absolute Gasteiger partial charge is 0.338 e. The lowest BCUT2D eigenvalue weighted by molar-refractivity contribution is 0.0506. The Labute approximate surface area is 109 Å². The van der Waals surface area contributed by atoms with Crippen LogP contribution in [0.25, 0.3) is 0 Å². The Kier molecular flexibility index (Phi) is 5.83. The molecule has 0 fully saturated rings. The first-order chi connectivity index (χ1) is 8.21. The molecule has 0 aliphatic carbocycles. The Hall–Kier alpha value is -1.23. The molecule has 0 saturated carbocycles. The third kappa shape index (κ3) is 4.26. The molecule has 17 heavy (non-hydrogen) atoms. The van der Waals surface area contributed by atoms with Gasteiger partial charge in [-0.25, -0.2) is 4.79 Å². The minimum Gasteiger partial charge on any atom is -0.497 e. The van der Waals surface area contributed by atoms with E-state index in [0.717, 1.165) is 11.8 Å². The van der Waals surface area contributed by atoms with Crippen LogP contribution in [0.15, 0.2) is 18.2 Å². The largest absolute Gasteiger partial charge is 0.497 e. The number of carbonyl (C=O) groups is 1. The average molecular weight is 303 g/mol. The number of hydrogen-bond donors (Lipinski definition) is 0. The van der Waals surface area contributed by atoms with Gasteiger partial charge < -0.3 is 14.2 Å². The van der Waals surface area contributed by atoms with E-state index in [4.69, 9.17) is 14.2 Å². The van der Waals surface area contributed by atoms with Crippen molar-refractivity contribution >= 4 is 21.9 Å². The summed E-state index contributed by atoms with van der Waals surface area (Å²) in [6.45, 7) is 0.392. The highest BCUT2D eigenvalue weighted by molar-refractivity contribution is 9.09. The average Bonchev–Trinajstić information content (AvgIpc) is 2.38. The fourth-order valence-electron chi connectivity index (χ4n) is 1.23. The second-order valence-electron chi connectivity index (χ2n) is 3.28. The SMILES string of the molecule is COc1cc(OC)cc(C(=O)OCCCBr)c1. The van der Waals surface area contributed by atoms with E-state index in [0.29, 0.717) is 23.7 Å². The molecule has 1 rings (SSSR count). The van der Waals surface area contributed by atoms with E-state index < -0.39 is 0 Å². The quantitative estimate of drug-likeness (QED) is 0.460. The maximum Gasteiger partial charge on any atom is 0.338 e. The van der Waals surface area contributed by atoms with Gasteiger partial charge in [0.05, 0.1) is 26.4 Å². The minimum absolute atomic E-state index is 0.372. The van der Waals surface area contributed by atoms with Crippen molar-refractivity contribution in [3.05, 3.63) is 23.8 Å². The Morgan fingerprint density at radius 1 is 1.18 bits per heavy atom. The molecule has 0 atom stereocenters. The van der Waals surface area contributed by atoms with Crippen LogP contribution in [-0.2, 0) is 4.74 Å². The molecule has 0 heterocycles. The van der Waals surface area contributed by atoms with Crippen molar-refractivity contribution in [2.24, 2.45) is 0 Å². The summed E-state index contributed by atoms with van der Waals surface area (Å²) in [5.74, 6) is 0.761. The number of alkyl halides is 1. The van der Waals surface area contributed by atoms with E-state index in [-0.39, 0.29) is 5.97 Å². The molecule has 0 aliphatic rings. The number of esters is 1. The van der Waals surface area contributed by atoms with Crippen LogP contribution in [0.5, 0.6) is 11.5 Å². The van der Waals surface area contributed by atoms with Crippen molar-refractivity contribution in [2.45, 2.75) is 6.42 Å². The van der Waals surface area contributed by atoms with Crippen molar-refractivity contribution in [3.63, 3.8) is 0 Å². The maximum atomic E-state index is 11.7. The van der Waals surface area contributed by atoms with Gasteiger partial charge in [0, 0.05) is 11.4 Å². The lowest BCUT2D eigenvalue weighted by Gasteiger charge is -2.08. The molecular weight excluding hydrogens is 288 g/mol. The van der Waals surface area contributed by atoms with Crippen molar-refractivity contribution in [2.75, 3.05) is 26.2 Å². The minimum atomic E-state index is -0.372. The summed E-state index contributed by atoms with van der Waals surface area (Å²) >= 11 is 3.27. The van der Waals surface area contributed by atoms with E-state index >= 15 is 0 Å². The summed E-state index contributed by atoms with van der Waals surface area (Å²) in [5, 5.41) is 0.807. The molecule has 0 amide bonds. The first-order valence-electron chi connectivity index (χ1n) is 5.17. The fourth-order valence-corrected chi connectivity index (χ4v) is 1.46. The standard InChI is InChI=1S/C12H15BrO4/c1-15-10-6-9(7-11(8-10)16-2)12(14)17-5-3-4-13/h6-8H,3-5H2,1-2H3. The predicted molar refractivity (Wildman–Crippen MR) is 68.2 cm³/mol. The van der Waals surface area contributed by atoms with Gasteiger partial charge in [-0.05, 0) is 18.6 Å². The first-order valence-corrected chi connectivity index (χ1v) is 6.29. The summed E-state index contributed by atoms with van der Waals surface area (Å²) in [4.78, 5) is 11.7. The van der Waals surface area contributed by atoms with Crippen molar-refractivity contribution in [1.82, 2.24) is 0 Å². The second-order valence-corrected chi connectivity index (χ2v) is 4.07. The molecule has 5 heteroatoms. The highest BCUT2D eigenvalue weighted by Crippen LogP contribution is 2.22. The molecule has 1 aromatic carbocycles. The number of hydrogen-bond acceptors (Lipinski definition) is 4. The molecule has 0 saturated heterocycles. The van der Waals surface area contributed by atoms with Crippen LogP contribution < -0.4 is 9.47 Å². The van der Waals surface area contributed by atoms with E-state index in [9.17, 15) is 4.79 Å². The zero-order valence-electron chi connectivity index (χ0n) is 9.86. The number of carbonyl (C=O) groups excluding carboxylic acids is 1. The molecule has 0 N–H and O–H groups in total. The van der Waals surface area contributed by atoms with Gasteiger partial charge in [-0.2, -0.15) is 0 Å². The van der Waals surface area contributed by atoms with Gasteiger partial charge in [-0.15, -0.1) is 0 Å². The van der Waals surface area contributed by atoms with Crippen LogP contribution in [0.1, 0.15) is 16.8 Å². The highest BCUT2D eigenvalue weighted by Gasteiger charge is 2.10. The van der Waals surface area contributed by atoms with E-state index in [2.05, 4.69) is 15.9 Å². The van der Waals surface area contributed by atoms with Crippen LogP contribution in [0, 0.1) is 0 Å². The second kappa shape index (κ2) is 7.17. The number of rotatable bonds is 6. The molecular formula is C12H15BrO4. The third-order valence-corrected chi connectivity index (χ3v) is 2.66. The number of methoxy groups -OCH3 is 2. The van der Waals surface area contributed by atoms with Gasteiger partial charge in [0.25, 0.3) is 0 Å². The fraction of sp³-hybridized carbons (Fsp3) is 0.417. The van der Waals surface area contributed by atoms with Crippen molar-refractivity contribution in [3.8, 4) is 11.5 Å². The van der Waals surface area contributed by atoms with E-state index in [1.807, 2.05) is 0 Å². The lowest BCUT2D eigenvalue weighted by Crippen LogP contribution is -2.07. The highest BCUT2D eigenvalue weighted by atomic mass is 79.9. The van der Waals surface area contributed by atoms with Crippen LogP contribution >= 0.6 is 15.9 Å². The molecule has 0 aliphatic heterocycles. The maximum absolute atomic E-state index is 11.7. The van der Waals surface area contributed by atoms with Crippen LogP contribution in [0.4, 0.5) is 0 Å². The molecule has 0 radical (unpaired) electrons. The Morgan fingerprint density at radius 3 is 2.24 bits per heavy atom.